The largest absolute Gasteiger partial charge is 0.326 e. The van der Waals surface area contributed by atoms with E-state index in [1.54, 1.807) is 19.1 Å². The highest BCUT2D eigenvalue weighted by molar-refractivity contribution is 7.89. The first-order valence-corrected chi connectivity index (χ1v) is 8.30. The molecule has 2 rings (SSSR count). The predicted octanol–water partition coefficient (Wildman–Crippen LogP) is 1.92. The molecule has 0 unspecified atom stereocenters. The Labute approximate surface area is 115 Å². The van der Waals surface area contributed by atoms with Crippen LogP contribution in [-0.2, 0) is 16.6 Å². The van der Waals surface area contributed by atoms with Crippen molar-refractivity contribution in [3.05, 3.63) is 29.3 Å². The molecule has 1 aromatic rings. The molecule has 0 heterocycles. The van der Waals surface area contributed by atoms with E-state index in [0.717, 1.165) is 29.9 Å². The van der Waals surface area contributed by atoms with Crippen LogP contribution in [0.4, 0.5) is 0 Å². The average Bonchev–Trinajstić information content (AvgIpc) is 3.19. The topological polar surface area (TPSA) is 72.2 Å². The van der Waals surface area contributed by atoms with Crippen LogP contribution in [0.15, 0.2) is 23.1 Å². The highest BCUT2D eigenvalue weighted by Gasteiger charge is 2.21. The Morgan fingerprint density at radius 3 is 2.74 bits per heavy atom. The zero-order valence-corrected chi connectivity index (χ0v) is 12.2. The fraction of sp³-hybridized carbons (Fsp3) is 0.571. The summed E-state index contributed by atoms with van der Waals surface area (Å²) in [5.41, 5.74) is 7.15. The Bertz CT molecular complexity index is 536. The monoisotopic (exact) mass is 282 g/mol. The van der Waals surface area contributed by atoms with Crippen molar-refractivity contribution in [3.8, 4) is 0 Å². The summed E-state index contributed by atoms with van der Waals surface area (Å²) in [6.07, 6.45) is 4.67. The van der Waals surface area contributed by atoms with E-state index in [-0.39, 0.29) is 0 Å². The van der Waals surface area contributed by atoms with Crippen molar-refractivity contribution < 1.29 is 8.42 Å². The van der Waals surface area contributed by atoms with Crippen LogP contribution in [0.1, 0.15) is 36.8 Å². The minimum atomic E-state index is -3.41. The highest BCUT2D eigenvalue weighted by atomic mass is 32.2. The van der Waals surface area contributed by atoms with Gasteiger partial charge in [-0.05, 0) is 42.9 Å². The minimum absolute atomic E-state index is 0.349. The molecule has 0 spiro atoms. The maximum absolute atomic E-state index is 12.2. The smallest absolute Gasteiger partial charge is 0.240 e. The van der Waals surface area contributed by atoms with E-state index >= 15 is 0 Å². The van der Waals surface area contributed by atoms with Gasteiger partial charge in [-0.15, -0.1) is 0 Å². The van der Waals surface area contributed by atoms with E-state index in [1.807, 2.05) is 6.07 Å². The SMILES string of the molecule is Cc1ccc(CN)cc1S(=O)(=O)NCCCC1CC1. The number of rotatable bonds is 7. The van der Waals surface area contributed by atoms with Crippen molar-refractivity contribution in [2.45, 2.75) is 44.0 Å². The maximum atomic E-state index is 12.2. The second-order valence-electron chi connectivity index (χ2n) is 5.29. The van der Waals surface area contributed by atoms with Crippen molar-refractivity contribution in [1.29, 1.82) is 0 Å². The first kappa shape index (κ1) is 14.5. The lowest BCUT2D eigenvalue weighted by Gasteiger charge is -2.10. The van der Waals surface area contributed by atoms with Crippen molar-refractivity contribution >= 4 is 10.0 Å². The maximum Gasteiger partial charge on any atom is 0.240 e. The van der Waals surface area contributed by atoms with Crippen LogP contribution in [0.2, 0.25) is 0 Å². The van der Waals surface area contributed by atoms with Gasteiger partial charge in [-0.25, -0.2) is 13.1 Å². The number of nitrogens with two attached hydrogens (primary N) is 1. The van der Waals surface area contributed by atoms with Crippen LogP contribution in [0.5, 0.6) is 0 Å². The molecule has 1 aromatic carbocycles. The molecule has 0 aromatic heterocycles. The van der Waals surface area contributed by atoms with Crippen molar-refractivity contribution in [2.24, 2.45) is 11.7 Å². The summed E-state index contributed by atoms with van der Waals surface area (Å²) < 4.78 is 27.1. The second kappa shape index (κ2) is 6.03. The zero-order chi connectivity index (χ0) is 13.9. The number of aryl methyl sites for hydroxylation is 1. The lowest BCUT2D eigenvalue weighted by atomic mass is 10.1. The fourth-order valence-corrected chi connectivity index (χ4v) is 3.51. The van der Waals surface area contributed by atoms with Crippen LogP contribution in [-0.4, -0.2) is 15.0 Å². The van der Waals surface area contributed by atoms with E-state index in [9.17, 15) is 8.42 Å². The van der Waals surface area contributed by atoms with Crippen LogP contribution in [0.3, 0.4) is 0 Å². The van der Waals surface area contributed by atoms with Gasteiger partial charge >= 0.3 is 0 Å². The Kier molecular flexibility index (Phi) is 4.60. The molecular weight excluding hydrogens is 260 g/mol. The third-order valence-corrected chi connectivity index (χ3v) is 5.16. The van der Waals surface area contributed by atoms with Gasteiger partial charge in [0.25, 0.3) is 0 Å². The number of hydrogen-bond acceptors (Lipinski definition) is 3. The molecule has 106 valence electrons. The number of hydrogen-bond donors (Lipinski definition) is 2. The third-order valence-electron chi connectivity index (χ3n) is 3.56. The molecule has 0 aliphatic heterocycles. The molecule has 19 heavy (non-hydrogen) atoms. The summed E-state index contributed by atoms with van der Waals surface area (Å²) in [7, 11) is -3.41. The molecular formula is C14H22N2O2S. The quantitative estimate of drug-likeness (QED) is 0.751. The Morgan fingerprint density at radius 1 is 1.37 bits per heavy atom. The van der Waals surface area contributed by atoms with Crippen LogP contribution >= 0.6 is 0 Å². The molecule has 1 aliphatic rings. The van der Waals surface area contributed by atoms with Gasteiger partial charge in [-0.1, -0.05) is 25.0 Å². The molecule has 1 saturated carbocycles. The van der Waals surface area contributed by atoms with Gasteiger partial charge < -0.3 is 5.73 Å². The lowest BCUT2D eigenvalue weighted by Crippen LogP contribution is -2.25. The Morgan fingerprint density at radius 2 is 2.11 bits per heavy atom. The molecule has 0 bridgehead atoms. The second-order valence-corrected chi connectivity index (χ2v) is 7.02. The molecule has 4 nitrogen and oxygen atoms in total. The Balaban J connectivity index is 2.00. The minimum Gasteiger partial charge on any atom is -0.326 e. The lowest BCUT2D eigenvalue weighted by molar-refractivity contribution is 0.572. The van der Waals surface area contributed by atoms with Crippen LogP contribution in [0, 0.1) is 12.8 Å². The van der Waals surface area contributed by atoms with Gasteiger partial charge in [-0.2, -0.15) is 0 Å². The predicted molar refractivity (Wildman–Crippen MR) is 76.2 cm³/mol. The molecule has 0 amide bonds. The van der Waals surface area contributed by atoms with E-state index in [0.29, 0.717) is 18.0 Å². The van der Waals surface area contributed by atoms with Gasteiger partial charge in [0.1, 0.15) is 0 Å². The standard InChI is InChI=1S/C14H22N2O2S/c1-11-4-5-13(10-15)9-14(11)19(17,18)16-8-2-3-12-6-7-12/h4-5,9,12,16H,2-3,6-8,10,15H2,1H3. The van der Waals surface area contributed by atoms with Crippen molar-refractivity contribution in [3.63, 3.8) is 0 Å². The summed E-state index contributed by atoms with van der Waals surface area (Å²) in [6.45, 7) is 2.68. The molecule has 3 N–H and O–H groups in total. The van der Waals surface area contributed by atoms with Gasteiger partial charge in [0.15, 0.2) is 0 Å². The van der Waals surface area contributed by atoms with Crippen molar-refractivity contribution in [1.82, 2.24) is 4.72 Å². The molecule has 0 radical (unpaired) electrons. The molecule has 0 atom stereocenters. The third kappa shape index (κ3) is 4.03. The number of nitrogens with one attached hydrogen (secondary N) is 1. The van der Waals surface area contributed by atoms with Crippen LogP contribution < -0.4 is 10.5 Å². The zero-order valence-electron chi connectivity index (χ0n) is 11.4. The summed E-state index contributed by atoms with van der Waals surface area (Å²) >= 11 is 0. The summed E-state index contributed by atoms with van der Waals surface area (Å²) in [4.78, 5) is 0.349. The van der Waals surface area contributed by atoms with E-state index in [2.05, 4.69) is 4.72 Å². The fourth-order valence-electron chi connectivity index (χ4n) is 2.14. The summed E-state index contributed by atoms with van der Waals surface area (Å²) in [5.74, 6) is 0.840. The first-order chi connectivity index (χ1) is 9.03. The first-order valence-electron chi connectivity index (χ1n) is 6.82. The highest BCUT2D eigenvalue weighted by Crippen LogP contribution is 2.33. The Hall–Kier alpha value is -0.910. The molecule has 5 heteroatoms. The number of benzene rings is 1. The molecule has 1 fully saturated rings. The summed E-state index contributed by atoms with van der Waals surface area (Å²) in [6, 6.07) is 5.33. The molecule has 1 aliphatic carbocycles. The van der Waals surface area contributed by atoms with Gasteiger partial charge in [0, 0.05) is 13.1 Å². The number of sulfonamides is 1. The van der Waals surface area contributed by atoms with E-state index in [1.165, 1.54) is 12.8 Å². The molecule has 0 saturated heterocycles. The van der Waals surface area contributed by atoms with Gasteiger partial charge in [0.2, 0.25) is 10.0 Å². The van der Waals surface area contributed by atoms with Crippen molar-refractivity contribution in [2.75, 3.05) is 6.54 Å². The van der Waals surface area contributed by atoms with Gasteiger partial charge in [0.05, 0.1) is 4.90 Å². The average molecular weight is 282 g/mol. The summed E-state index contributed by atoms with van der Waals surface area (Å²) in [5, 5.41) is 0. The van der Waals surface area contributed by atoms with Crippen LogP contribution in [0.25, 0.3) is 0 Å². The normalized spacial score (nSPS) is 15.7. The van der Waals surface area contributed by atoms with E-state index in [4.69, 9.17) is 5.73 Å². The van der Waals surface area contributed by atoms with E-state index < -0.39 is 10.0 Å². The van der Waals surface area contributed by atoms with Gasteiger partial charge in [-0.3, -0.25) is 0 Å².